The van der Waals surface area contributed by atoms with E-state index >= 15 is 0 Å². The summed E-state index contributed by atoms with van der Waals surface area (Å²) in [6, 6.07) is 8.01. The zero-order chi connectivity index (χ0) is 14.4. The van der Waals surface area contributed by atoms with Gasteiger partial charge in [-0.3, -0.25) is 0 Å². The molecule has 5 heteroatoms. The number of anilines is 1. The molecule has 0 spiro atoms. The van der Waals surface area contributed by atoms with Crippen molar-refractivity contribution in [2.45, 2.75) is 26.7 Å². The Morgan fingerprint density at radius 3 is 2.55 bits per heavy atom. The third kappa shape index (κ3) is 3.70. The van der Waals surface area contributed by atoms with Gasteiger partial charge in [0.15, 0.2) is 0 Å². The molecule has 1 aromatic heterocycles. The molecule has 20 heavy (non-hydrogen) atoms. The van der Waals surface area contributed by atoms with Crippen molar-refractivity contribution >= 4 is 21.7 Å². The topological polar surface area (TPSA) is 47.0 Å². The Labute approximate surface area is 127 Å². The largest absolute Gasteiger partial charge is 0.438 e. The zero-order valence-electron chi connectivity index (χ0n) is 11.7. The molecule has 0 unspecified atom stereocenters. The summed E-state index contributed by atoms with van der Waals surface area (Å²) in [4.78, 5) is 8.36. The first-order valence-electron chi connectivity index (χ1n) is 6.75. The van der Waals surface area contributed by atoms with Gasteiger partial charge in [-0.2, -0.15) is 0 Å². The van der Waals surface area contributed by atoms with Gasteiger partial charge in [0, 0.05) is 6.54 Å². The summed E-state index contributed by atoms with van der Waals surface area (Å²) in [5.41, 5.74) is 1.28. The molecule has 1 N–H and O–H groups in total. The Morgan fingerprint density at radius 1 is 1.15 bits per heavy atom. The van der Waals surface area contributed by atoms with E-state index in [-0.39, 0.29) is 0 Å². The van der Waals surface area contributed by atoms with Gasteiger partial charge >= 0.3 is 0 Å². The van der Waals surface area contributed by atoms with E-state index in [1.807, 2.05) is 12.1 Å². The second kappa shape index (κ2) is 7.24. The number of ether oxygens (including phenoxy) is 1. The number of aryl methyl sites for hydroxylation is 1. The number of hydrogen-bond acceptors (Lipinski definition) is 4. The lowest BCUT2D eigenvalue weighted by molar-refractivity contribution is 0.458. The van der Waals surface area contributed by atoms with Crippen LogP contribution in [0.25, 0.3) is 0 Å². The lowest BCUT2D eigenvalue weighted by Gasteiger charge is -2.10. The molecular formula is C15H18BrN3O. The lowest BCUT2D eigenvalue weighted by atomic mass is 10.2. The quantitative estimate of drug-likeness (QED) is 0.848. The van der Waals surface area contributed by atoms with Crippen LogP contribution >= 0.6 is 15.9 Å². The molecule has 2 aromatic rings. The average Bonchev–Trinajstić information content (AvgIpc) is 2.49. The average molecular weight is 336 g/mol. The van der Waals surface area contributed by atoms with Crippen molar-refractivity contribution in [2.75, 3.05) is 11.9 Å². The number of halogens is 1. The predicted molar refractivity (Wildman–Crippen MR) is 84.4 cm³/mol. The molecule has 0 amide bonds. The van der Waals surface area contributed by atoms with Crippen LogP contribution in [0.3, 0.4) is 0 Å². The highest BCUT2D eigenvalue weighted by atomic mass is 79.9. The summed E-state index contributed by atoms with van der Waals surface area (Å²) in [6.45, 7) is 5.09. The molecule has 2 rings (SSSR count). The van der Waals surface area contributed by atoms with Gasteiger partial charge in [0.1, 0.15) is 22.4 Å². The fraction of sp³-hybridized carbons (Fsp3) is 0.333. The molecule has 1 aromatic carbocycles. The van der Waals surface area contributed by atoms with Crippen molar-refractivity contribution in [3.05, 3.63) is 40.6 Å². The Kier molecular flexibility index (Phi) is 5.35. The maximum absolute atomic E-state index is 5.79. The maximum atomic E-state index is 5.79. The van der Waals surface area contributed by atoms with E-state index in [1.54, 1.807) is 0 Å². The fourth-order valence-electron chi connectivity index (χ4n) is 1.70. The molecule has 0 radical (unpaired) electrons. The molecule has 0 fully saturated rings. The molecule has 4 nitrogen and oxygen atoms in total. The fourth-order valence-corrected chi connectivity index (χ4v) is 2.12. The lowest BCUT2D eigenvalue weighted by Crippen LogP contribution is -2.04. The van der Waals surface area contributed by atoms with Crippen molar-refractivity contribution in [3.63, 3.8) is 0 Å². The third-order valence-electron chi connectivity index (χ3n) is 2.85. The molecule has 0 atom stereocenters. The minimum atomic E-state index is 0.517. The minimum Gasteiger partial charge on any atom is -0.438 e. The first kappa shape index (κ1) is 14.8. The van der Waals surface area contributed by atoms with E-state index in [9.17, 15) is 0 Å². The number of rotatable bonds is 6. The van der Waals surface area contributed by atoms with Gasteiger partial charge in [-0.05, 0) is 46.5 Å². The van der Waals surface area contributed by atoms with Gasteiger partial charge in [-0.1, -0.05) is 26.0 Å². The molecular weight excluding hydrogens is 318 g/mol. The Hall–Kier alpha value is -1.62. The summed E-state index contributed by atoms with van der Waals surface area (Å²) >= 11 is 3.48. The van der Waals surface area contributed by atoms with Crippen LogP contribution in [0.4, 0.5) is 5.82 Å². The summed E-state index contributed by atoms with van der Waals surface area (Å²) in [5, 5.41) is 3.23. The van der Waals surface area contributed by atoms with E-state index in [2.05, 4.69) is 57.2 Å². The van der Waals surface area contributed by atoms with Crippen LogP contribution in [0, 0.1) is 0 Å². The van der Waals surface area contributed by atoms with Gasteiger partial charge < -0.3 is 10.1 Å². The highest BCUT2D eigenvalue weighted by Crippen LogP contribution is 2.31. The Bertz CT molecular complexity index is 558. The highest BCUT2D eigenvalue weighted by molar-refractivity contribution is 9.10. The van der Waals surface area contributed by atoms with Crippen LogP contribution in [0.1, 0.15) is 25.8 Å². The highest BCUT2D eigenvalue weighted by Gasteiger charge is 2.10. The summed E-state index contributed by atoms with van der Waals surface area (Å²) in [7, 11) is 0. The maximum Gasteiger partial charge on any atom is 0.238 e. The summed E-state index contributed by atoms with van der Waals surface area (Å²) in [5.74, 6) is 2.04. The van der Waals surface area contributed by atoms with Crippen molar-refractivity contribution in [2.24, 2.45) is 0 Å². The monoisotopic (exact) mass is 335 g/mol. The van der Waals surface area contributed by atoms with E-state index in [4.69, 9.17) is 4.74 Å². The number of benzene rings is 1. The molecule has 0 bridgehead atoms. The zero-order valence-corrected chi connectivity index (χ0v) is 13.3. The smallest absolute Gasteiger partial charge is 0.238 e. The third-order valence-corrected chi connectivity index (χ3v) is 3.56. The van der Waals surface area contributed by atoms with E-state index in [0.29, 0.717) is 5.88 Å². The van der Waals surface area contributed by atoms with Crippen molar-refractivity contribution in [1.82, 2.24) is 9.97 Å². The van der Waals surface area contributed by atoms with Gasteiger partial charge in [-0.15, -0.1) is 0 Å². The molecule has 1 heterocycles. The van der Waals surface area contributed by atoms with E-state index < -0.39 is 0 Å². The predicted octanol–water partition coefficient (Wildman–Crippen LogP) is 4.42. The van der Waals surface area contributed by atoms with Crippen molar-refractivity contribution < 1.29 is 4.74 Å². The first-order chi connectivity index (χ1) is 9.74. The number of hydrogen-bond donors (Lipinski definition) is 1. The van der Waals surface area contributed by atoms with Crippen LogP contribution in [-0.2, 0) is 6.42 Å². The van der Waals surface area contributed by atoms with Crippen LogP contribution < -0.4 is 10.1 Å². The van der Waals surface area contributed by atoms with Gasteiger partial charge in [0.2, 0.25) is 5.88 Å². The number of nitrogens with one attached hydrogen (secondary N) is 1. The van der Waals surface area contributed by atoms with Gasteiger partial charge in [0.25, 0.3) is 0 Å². The molecule has 0 saturated carbocycles. The van der Waals surface area contributed by atoms with Gasteiger partial charge in [0.05, 0.1) is 0 Å². The van der Waals surface area contributed by atoms with Crippen LogP contribution in [-0.4, -0.2) is 16.5 Å². The Balaban J connectivity index is 2.15. The second-order valence-corrected chi connectivity index (χ2v) is 5.16. The summed E-state index contributed by atoms with van der Waals surface area (Å²) < 4.78 is 6.53. The number of aromatic nitrogens is 2. The number of nitrogens with zero attached hydrogens (tertiary/aromatic N) is 2. The van der Waals surface area contributed by atoms with Crippen molar-refractivity contribution in [1.29, 1.82) is 0 Å². The van der Waals surface area contributed by atoms with E-state index in [1.165, 1.54) is 11.9 Å². The minimum absolute atomic E-state index is 0.517. The molecule has 0 aliphatic heterocycles. The normalized spacial score (nSPS) is 10.3. The SMILES string of the molecule is CCCNc1ncnc(Oc2ccc(CC)cc2)c1Br. The van der Waals surface area contributed by atoms with Crippen LogP contribution in [0.2, 0.25) is 0 Å². The van der Waals surface area contributed by atoms with Crippen LogP contribution in [0.15, 0.2) is 35.1 Å². The second-order valence-electron chi connectivity index (χ2n) is 4.37. The Morgan fingerprint density at radius 2 is 1.90 bits per heavy atom. The molecule has 0 aliphatic rings. The summed E-state index contributed by atoms with van der Waals surface area (Å²) in [6.07, 6.45) is 3.55. The molecule has 106 valence electrons. The van der Waals surface area contributed by atoms with Crippen LogP contribution in [0.5, 0.6) is 11.6 Å². The first-order valence-corrected chi connectivity index (χ1v) is 7.55. The van der Waals surface area contributed by atoms with E-state index in [0.717, 1.165) is 35.4 Å². The molecule has 0 aliphatic carbocycles. The standard InChI is InChI=1S/C15H18BrN3O/c1-3-9-17-14-13(16)15(19-10-18-14)20-12-7-5-11(4-2)6-8-12/h5-8,10H,3-4,9H2,1-2H3,(H,17,18,19). The van der Waals surface area contributed by atoms with Crippen molar-refractivity contribution in [3.8, 4) is 11.6 Å². The molecule has 0 saturated heterocycles. The van der Waals surface area contributed by atoms with Gasteiger partial charge in [-0.25, -0.2) is 9.97 Å².